The zero-order chi connectivity index (χ0) is 18.4. The molecule has 0 spiro atoms. The maximum Gasteiger partial charge on any atom is 0.274 e. The lowest BCUT2D eigenvalue weighted by Crippen LogP contribution is -2.16. The second-order valence-electron chi connectivity index (χ2n) is 6.20. The molecule has 6 nitrogen and oxygen atoms in total. The molecule has 0 atom stereocenters. The number of nitrogens with zero attached hydrogens (tertiary/aromatic N) is 3. The van der Waals surface area contributed by atoms with Gasteiger partial charge in [0.15, 0.2) is 0 Å². The normalized spacial score (nSPS) is 10.6. The smallest absolute Gasteiger partial charge is 0.274 e. The Morgan fingerprint density at radius 2 is 1.96 bits per heavy atom. The first-order valence-electron chi connectivity index (χ1n) is 8.48. The number of carbonyl (C=O) groups excluding carboxylic acids is 1. The molecule has 2 heterocycles. The molecule has 0 aliphatic heterocycles. The number of anilines is 2. The molecule has 6 heteroatoms. The van der Waals surface area contributed by atoms with E-state index in [0.29, 0.717) is 24.0 Å². The van der Waals surface area contributed by atoms with E-state index in [1.54, 1.807) is 18.5 Å². The number of hydrogen-bond acceptors (Lipinski definition) is 5. The van der Waals surface area contributed by atoms with Crippen LogP contribution in [0.15, 0.2) is 61.2 Å². The van der Waals surface area contributed by atoms with Gasteiger partial charge in [0.05, 0.1) is 0 Å². The third-order valence-electron chi connectivity index (χ3n) is 3.93. The van der Waals surface area contributed by atoms with Crippen molar-refractivity contribution in [3.8, 4) is 0 Å². The summed E-state index contributed by atoms with van der Waals surface area (Å²) in [6.07, 6.45) is 4.89. The van der Waals surface area contributed by atoms with E-state index in [9.17, 15) is 4.79 Å². The van der Waals surface area contributed by atoms with Gasteiger partial charge in [0, 0.05) is 30.7 Å². The van der Waals surface area contributed by atoms with Crippen molar-refractivity contribution in [3.63, 3.8) is 0 Å². The van der Waals surface area contributed by atoms with Crippen molar-refractivity contribution in [1.82, 2.24) is 15.0 Å². The molecule has 26 heavy (non-hydrogen) atoms. The van der Waals surface area contributed by atoms with E-state index in [0.717, 1.165) is 16.8 Å². The Hall–Kier alpha value is -3.28. The van der Waals surface area contributed by atoms with Gasteiger partial charge in [0.25, 0.3) is 5.91 Å². The maximum atomic E-state index is 12.6. The molecule has 0 saturated heterocycles. The minimum atomic E-state index is -0.259. The van der Waals surface area contributed by atoms with Gasteiger partial charge in [0.2, 0.25) is 0 Å². The molecule has 1 aromatic carbocycles. The summed E-state index contributed by atoms with van der Waals surface area (Å²) in [5.41, 5.74) is 3.23. The second kappa shape index (κ2) is 8.20. The van der Waals surface area contributed by atoms with Crippen LogP contribution in [0, 0.1) is 0 Å². The van der Waals surface area contributed by atoms with Gasteiger partial charge < -0.3 is 10.6 Å². The number of aromatic nitrogens is 3. The summed E-state index contributed by atoms with van der Waals surface area (Å²) in [6, 6.07) is 13.3. The molecule has 0 bridgehead atoms. The fourth-order valence-corrected chi connectivity index (χ4v) is 2.57. The van der Waals surface area contributed by atoms with E-state index >= 15 is 0 Å². The fourth-order valence-electron chi connectivity index (χ4n) is 2.57. The number of para-hydroxylation sites is 1. The van der Waals surface area contributed by atoms with Crippen molar-refractivity contribution in [1.29, 1.82) is 0 Å². The van der Waals surface area contributed by atoms with Crippen LogP contribution < -0.4 is 10.6 Å². The van der Waals surface area contributed by atoms with Gasteiger partial charge in [-0.2, -0.15) is 0 Å². The number of amides is 1. The van der Waals surface area contributed by atoms with Gasteiger partial charge in [-0.25, -0.2) is 9.97 Å². The van der Waals surface area contributed by atoms with Crippen molar-refractivity contribution in [2.75, 3.05) is 10.6 Å². The van der Waals surface area contributed by atoms with E-state index in [-0.39, 0.29) is 5.91 Å². The van der Waals surface area contributed by atoms with Gasteiger partial charge in [-0.1, -0.05) is 38.1 Å². The van der Waals surface area contributed by atoms with Crippen molar-refractivity contribution in [2.45, 2.75) is 26.3 Å². The van der Waals surface area contributed by atoms with Crippen LogP contribution in [0.3, 0.4) is 0 Å². The van der Waals surface area contributed by atoms with Crippen molar-refractivity contribution < 1.29 is 4.79 Å². The highest BCUT2D eigenvalue weighted by atomic mass is 16.1. The fraction of sp³-hybridized carbons (Fsp3) is 0.200. The Morgan fingerprint density at radius 3 is 2.73 bits per heavy atom. The van der Waals surface area contributed by atoms with Gasteiger partial charge in [-0.3, -0.25) is 9.78 Å². The van der Waals surface area contributed by atoms with E-state index in [1.807, 2.05) is 36.4 Å². The van der Waals surface area contributed by atoms with Crippen LogP contribution in [0.2, 0.25) is 0 Å². The lowest BCUT2D eigenvalue weighted by molar-refractivity contribution is 0.102. The number of benzene rings is 1. The molecule has 3 rings (SSSR count). The van der Waals surface area contributed by atoms with E-state index in [1.165, 1.54) is 6.33 Å². The molecular weight excluding hydrogens is 326 g/mol. The average Bonchev–Trinajstić information content (AvgIpc) is 2.67. The van der Waals surface area contributed by atoms with Crippen LogP contribution in [0.5, 0.6) is 0 Å². The van der Waals surface area contributed by atoms with Gasteiger partial charge >= 0.3 is 0 Å². The summed E-state index contributed by atoms with van der Waals surface area (Å²) < 4.78 is 0. The minimum Gasteiger partial charge on any atom is -0.366 e. The van der Waals surface area contributed by atoms with Crippen LogP contribution in [0.1, 0.15) is 41.4 Å². The summed E-state index contributed by atoms with van der Waals surface area (Å²) in [5, 5.41) is 6.12. The summed E-state index contributed by atoms with van der Waals surface area (Å²) >= 11 is 0. The summed E-state index contributed by atoms with van der Waals surface area (Å²) in [7, 11) is 0. The molecule has 0 radical (unpaired) electrons. The molecule has 0 unspecified atom stereocenters. The highest BCUT2D eigenvalue weighted by Gasteiger charge is 2.12. The molecule has 132 valence electrons. The van der Waals surface area contributed by atoms with Crippen LogP contribution in [-0.4, -0.2) is 20.9 Å². The Bertz CT molecular complexity index is 880. The Morgan fingerprint density at radius 1 is 1.12 bits per heavy atom. The average molecular weight is 347 g/mol. The molecule has 2 N–H and O–H groups in total. The van der Waals surface area contributed by atoms with Crippen LogP contribution in [0.25, 0.3) is 0 Å². The number of hydrogen-bond donors (Lipinski definition) is 2. The first kappa shape index (κ1) is 17.5. The van der Waals surface area contributed by atoms with Crippen LogP contribution in [0.4, 0.5) is 11.5 Å². The quantitative estimate of drug-likeness (QED) is 0.708. The van der Waals surface area contributed by atoms with E-state index in [4.69, 9.17) is 0 Å². The predicted molar refractivity (Wildman–Crippen MR) is 102 cm³/mol. The maximum absolute atomic E-state index is 12.6. The number of carbonyl (C=O) groups is 1. The predicted octanol–water partition coefficient (Wildman–Crippen LogP) is 3.86. The monoisotopic (exact) mass is 347 g/mol. The molecule has 0 aliphatic carbocycles. The highest BCUT2D eigenvalue weighted by molar-refractivity contribution is 6.03. The van der Waals surface area contributed by atoms with Crippen LogP contribution >= 0.6 is 0 Å². The van der Waals surface area contributed by atoms with Gasteiger partial charge in [-0.05, 0) is 29.2 Å². The molecule has 0 fully saturated rings. The lowest BCUT2D eigenvalue weighted by Gasteiger charge is -2.13. The molecular formula is C20H21N5O. The Kier molecular flexibility index (Phi) is 5.53. The third-order valence-corrected chi connectivity index (χ3v) is 3.93. The highest BCUT2D eigenvalue weighted by Crippen LogP contribution is 2.24. The molecule has 1 amide bonds. The second-order valence-corrected chi connectivity index (χ2v) is 6.20. The zero-order valence-electron chi connectivity index (χ0n) is 14.8. The number of pyridine rings is 1. The third kappa shape index (κ3) is 4.42. The van der Waals surface area contributed by atoms with Crippen molar-refractivity contribution in [2.24, 2.45) is 0 Å². The van der Waals surface area contributed by atoms with E-state index in [2.05, 4.69) is 39.4 Å². The molecule has 0 saturated carbocycles. The van der Waals surface area contributed by atoms with Gasteiger partial charge in [-0.15, -0.1) is 0 Å². The topological polar surface area (TPSA) is 79.8 Å². The number of nitrogens with one attached hydrogen (secondary N) is 2. The van der Waals surface area contributed by atoms with Crippen LogP contribution in [-0.2, 0) is 6.54 Å². The lowest BCUT2D eigenvalue weighted by atomic mass is 10.0. The molecule has 3 aromatic rings. The molecule has 2 aromatic heterocycles. The Labute approximate surface area is 152 Å². The summed E-state index contributed by atoms with van der Waals surface area (Å²) in [5.74, 6) is 0.643. The van der Waals surface area contributed by atoms with E-state index < -0.39 is 0 Å². The summed E-state index contributed by atoms with van der Waals surface area (Å²) in [6.45, 7) is 4.76. The Balaban J connectivity index is 1.70. The first-order chi connectivity index (χ1) is 12.6. The first-order valence-corrected chi connectivity index (χ1v) is 8.48. The number of rotatable bonds is 6. The van der Waals surface area contributed by atoms with Crippen molar-refractivity contribution in [3.05, 3.63) is 78.0 Å². The summed E-state index contributed by atoms with van der Waals surface area (Å²) in [4.78, 5) is 24.9. The SMILES string of the molecule is CC(C)c1ccccc1NC(=O)c1cc(NCc2cccnc2)ncn1. The minimum absolute atomic E-state index is 0.259. The van der Waals surface area contributed by atoms with Gasteiger partial charge in [0.1, 0.15) is 17.8 Å². The zero-order valence-corrected chi connectivity index (χ0v) is 14.8. The van der Waals surface area contributed by atoms with Crippen molar-refractivity contribution >= 4 is 17.4 Å². The largest absolute Gasteiger partial charge is 0.366 e. The standard InChI is InChI=1S/C20H21N5O/c1-14(2)16-7-3-4-8-17(16)25-20(26)18-10-19(24-13-23-18)22-12-15-6-5-9-21-11-15/h3-11,13-14H,12H2,1-2H3,(H,25,26)(H,22,23,24). The molecule has 0 aliphatic rings.